The number of hydrogen-bond donors (Lipinski definition) is 1. The van der Waals surface area contributed by atoms with E-state index in [1.54, 1.807) is 11.0 Å². The minimum Gasteiger partial charge on any atom is -0.354 e. The quantitative estimate of drug-likeness (QED) is 0.867. The monoisotopic (exact) mass is 346 g/mol. The number of fused-ring (bicyclic) bond motifs is 1. The third-order valence-corrected chi connectivity index (χ3v) is 4.78. The Bertz CT molecular complexity index is 802. The molecule has 25 heavy (non-hydrogen) atoms. The first-order chi connectivity index (χ1) is 12.0. The molecule has 1 aromatic heterocycles. The smallest absolute Gasteiger partial charge is 0.242 e. The summed E-state index contributed by atoms with van der Waals surface area (Å²) < 4.78 is 15.6. The maximum Gasteiger partial charge on any atom is 0.242 e. The van der Waals surface area contributed by atoms with Gasteiger partial charge in [0.1, 0.15) is 17.4 Å². The minimum absolute atomic E-state index is 0.0489. The average molecular weight is 346 g/mol. The lowest BCUT2D eigenvalue weighted by atomic mass is 10.2. The van der Waals surface area contributed by atoms with Gasteiger partial charge in [-0.05, 0) is 25.0 Å². The summed E-state index contributed by atoms with van der Waals surface area (Å²) in [6, 6.07) is 4.45. The third kappa shape index (κ3) is 3.36. The van der Waals surface area contributed by atoms with Crippen LogP contribution in [0.5, 0.6) is 0 Å². The van der Waals surface area contributed by atoms with Crippen LogP contribution in [0.4, 0.5) is 4.39 Å². The minimum atomic E-state index is -0.409. The molecule has 0 radical (unpaired) electrons. The van der Waals surface area contributed by atoms with Crippen molar-refractivity contribution in [2.45, 2.75) is 38.6 Å². The molecule has 1 unspecified atom stereocenters. The summed E-state index contributed by atoms with van der Waals surface area (Å²) in [7, 11) is 1.84. The molecule has 7 heteroatoms. The van der Waals surface area contributed by atoms with Gasteiger partial charge < -0.3 is 14.8 Å². The van der Waals surface area contributed by atoms with Gasteiger partial charge >= 0.3 is 0 Å². The number of likely N-dealkylation sites (tertiary alicyclic amines) is 1. The molecule has 1 fully saturated rings. The molecule has 1 N–H and O–H groups in total. The van der Waals surface area contributed by atoms with E-state index in [1.165, 1.54) is 6.07 Å². The number of para-hydroxylation sites is 1. The normalized spacial score (nSPS) is 15.8. The topological polar surface area (TPSA) is 67.2 Å². The predicted molar refractivity (Wildman–Crippen MR) is 92.4 cm³/mol. The fourth-order valence-corrected chi connectivity index (χ4v) is 3.41. The van der Waals surface area contributed by atoms with Crippen LogP contribution < -0.4 is 5.32 Å². The second-order valence-electron chi connectivity index (χ2n) is 6.35. The largest absolute Gasteiger partial charge is 0.354 e. The molecule has 0 spiro atoms. The maximum atomic E-state index is 13.8. The SMILES string of the molecule is CCC(C(=O)NCCc1nc2c(F)cccc2n1C)N1CCCC1=O. The molecule has 0 saturated carbocycles. The number of nitrogens with zero attached hydrogens (tertiary/aromatic N) is 3. The van der Waals surface area contributed by atoms with E-state index in [-0.39, 0.29) is 17.6 Å². The zero-order chi connectivity index (χ0) is 18.0. The van der Waals surface area contributed by atoms with Crippen LogP contribution in [0.25, 0.3) is 11.0 Å². The van der Waals surface area contributed by atoms with Gasteiger partial charge in [0.15, 0.2) is 5.82 Å². The standard InChI is InChI=1S/C18H23FN4O2/c1-3-13(23-11-5-8-16(23)24)18(25)20-10-9-15-21-17-12(19)6-4-7-14(17)22(15)2/h4,6-7,13H,3,5,8-11H2,1-2H3,(H,20,25). The van der Waals surface area contributed by atoms with Gasteiger partial charge in [-0.2, -0.15) is 0 Å². The van der Waals surface area contributed by atoms with Gasteiger partial charge in [-0.25, -0.2) is 9.37 Å². The number of nitrogens with one attached hydrogen (secondary N) is 1. The van der Waals surface area contributed by atoms with Gasteiger partial charge in [-0.1, -0.05) is 13.0 Å². The fourth-order valence-electron chi connectivity index (χ4n) is 3.41. The maximum absolute atomic E-state index is 13.8. The van der Waals surface area contributed by atoms with Gasteiger partial charge in [0.25, 0.3) is 0 Å². The van der Waals surface area contributed by atoms with E-state index in [1.807, 2.05) is 24.6 Å². The highest BCUT2D eigenvalue weighted by molar-refractivity contribution is 5.88. The van der Waals surface area contributed by atoms with Crippen LogP contribution in [0.2, 0.25) is 0 Å². The second-order valence-corrected chi connectivity index (χ2v) is 6.35. The van der Waals surface area contributed by atoms with Gasteiger partial charge in [0.2, 0.25) is 11.8 Å². The first kappa shape index (κ1) is 17.4. The Hall–Kier alpha value is -2.44. The number of amides is 2. The number of carbonyl (C=O) groups excluding carboxylic acids is 2. The molecule has 2 amide bonds. The Balaban J connectivity index is 1.62. The van der Waals surface area contributed by atoms with Crippen LogP contribution in [0.1, 0.15) is 32.0 Å². The molecule has 134 valence electrons. The molecule has 1 aromatic carbocycles. The Morgan fingerprint density at radius 2 is 2.24 bits per heavy atom. The van der Waals surface area contributed by atoms with E-state index in [9.17, 15) is 14.0 Å². The average Bonchev–Trinajstić information content (AvgIpc) is 3.14. The summed E-state index contributed by atoms with van der Waals surface area (Å²) in [6.07, 6.45) is 2.43. The van der Waals surface area contributed by atoms with Gasteiger partial charge in [-0.15, -0.1) is 0 Å². The molecular weight excluding hydrogens is 323 g/mol. The van der Waals surface area contributed by atoms with Gasteiger partial charge in [-0.3, -0.25) is 9.59 Å². The van der Waals surface area contributed by atoms with Crippen molar-refractivity contribution in [1.82, 2.24) is 19.8 Å². The van der Waals surface area contributed by atoms with Crippen molar-refractivity contribution in [2.75, 3.05) is 13.1 Å². The zero-order valence-electron chi connectivity index (χ0n) is 14.6. The second kappa shape index (κ2) is 7.21. The van der Waals surface area contributed by atoms with Crippen LogP contribution in [-0.2, 0) is 23.1 Å². The van der Waals surface area contributed by atoms with Crippen molar-refractivity contribution in [3.05, 3.63) is 29.8 Å². The summed E-state index contributed by atoms with van der Waals surface area (Å²) in [6.45, 7) is 2.95. The highest BCUT2D eigenvalue weighted by Gasteiger charge is 2.31. The highest BCUT2D eigenvalue weighted by atomic mass is 19.1. The molecule has 0 bridgehead atoms. The number of aryl methyl sites for hydroxylation is 1. The van der Waals surface area contributed by atoms with E-state index < -0.39 is 6.04 Å². The molecule has 1 saturated heterocycles. The Kier molecular flexibility index (Phi) is 5.01. The van der Waals surface area contributed by atoms with Crippen molar-refractivity contribution in [3.63, 3.8) is 0 Å². The van der Waals surface area contributed by atoms with Crippen LogP contribution in [0, 0.1) is 5.82 Å². The van der Waals surface area contributed by atoms with Crippen LogP contribution in [-0.4, -0.2) is 45.4 Å². The van der Waals surface area contributed by atoms with E-state index in [2.05, 4.69) is 10.3 Å². The highest BCUT2D eigenvalue weighted by Crippen LogP contribution is 2.18. The lowest BCUT2D eigenvalue weighted by molar-refractivity contribution is -0.137. The van der Waals surface area contributed by atoms with Gasteiger partial charge in [0.05, 0.1) is 5.52 Å². The number of imidazole rings is 1. The van der Waals surface area contributed by atoms with E-state index in [0.29, 0.717) is 43.7 Å². The Morgan fingerprint density at radius 3 is 2.88 bits per heavy atom. The van der Waals surface area contributed by atoms with Crippen molar-refractivity contribution >= 4 is 22.8 Å². The van der Waals surface area contributed by atoms with E-state index in [0.717, 1.165) is 11.9 Å². The van der Waals surface area contributed by atoms with Crippen molar-refractivity contribution in [2.24, 2.45) is 7.05 Å². The zero-order valence-corrected chi connectivity index (χ0v) is 14.6. The molecule has 6 nitrogen and oxygen atoms in total. The number of aromatic nitrogens is 2. The molecular formula is C18H23FN4O2. The van der Waals surface area contributed by atoms with Crippen molar-refractivity contribution in [3.8, 4) is 0 Å². The third-order valence-electron chi connectivity index (χ3n) is 4.78. The Labute approximate surface area is 146 Å². The molecule has 3 rings (SSSR count). The summed E-state index contributed by atoms with van der Waals surface area (Å²) in [5.74, 6) is 0.281. The molecule has 2 heterocycles. The number of benzene rings is 1. The summed E-state index contributed by atoms with van der Waals surface area (Å²) in [5.41, 5.74) is 1.08. The van der Waals surface area contributed by atoms with Crippen LogP contribution in [0.3, 0.4) is 0 Å². The lowest BCUT2D eigenvalue weighted by Crippen LogP contribution is -2.47. The van der Waals surface area contributed by atoms with Crippen LogP contribution in [0.15, 0.2) is 18.2 Å². The number of halogens is 1. The fraction of sp³-hybridized carbons (Fsp3) is 0.500. The summed E-state index contributed by atoms with van der Waals surface area (Å²) in [5, 5.41) is 2.89. The lowest BCUT2D eigenvalue weighted by Gasteiger charge is -2.25. The Morgan fingerprint density at radius 1 is 1.44 bits per heavy atom. The van der Waals surface area contributed by atoms with Crippen molar-refractivity contribution < 1.29 is 14.0 Å². The summed E-state index contributed by atoms with van der Waals surface area (Å²) >= 11 is 0. The molecule has 1 atom stereocenters. The predicted octanol–water partition coefficient (Wildman–Crippen LogP) is 1.77. The molecule has 0 aliphatic carbocycles. The molecule has 1 aliphatic rings. The number of rotatable bonds is 6. The number of carbonyl (C=O) groups is 2. The first-order valence-electron chi connectivity index (χ1n) is 8.70. The molecule has 2 aromatic rings. The summed E-state index contributed by atoms with van der Waals surface area (Å²) in [4.78, 5) is 30.3. The first-order valence-corrected chi connectivity index (χ1v) is 8.70. The van der Waals surface area contributed by atoms with E-state index >= 15 is 0 Å². The van der Waals surface area contributed by atoms with Crippen molar-refractivity contribution in [1.29, 1.82) is 0 Å². The van der Waals surface area contributed by atoms with Gasteiger partial charge in [0, 0.05) is 33.0 Å². The molecule has 1 aliphatic heterocycles. The van der Waals surface area contributed by atoms with Crippen LogP contribution >= 0.6 is 0 Å². The number of hydrogen-bond acceptors (Lipinski definition) is 3. The van der Waals surface area contributed by atoms with E-state index in [4.69, 9.17) is 0 Å².